The van der Waals surface area contributed by atoms with Crippen LogP contribution >= 0.6 is 0 Å². The van der Waals surface area contributed by atoms with Gasteiger partial charge in [0.25, 0.3) is 0 Å². The van der Waals surface area contributed by atoms with E-state index in [1.165, 1.54) is 0 Å². The number of hydrogen-bond donors (Lipinski definition) is 0. The van der Waals surface area contributed by atoms with Gasteiger partial charge in [-0.1, -0.05) is 6.92 Å². The summed E-state index contributed by atoms with van der Waals surface area (Å²) in [6.07, 6.45) is 3.77. The molecule has 0 radical (unpaired) electrons. The number of Topliss-reactive ketones (excluding diaryl/α,β-unsaturated/α-hetero) is 1. The Morgan fingerprint density at radius 3 is 2.70 bits per heavy atom. The third-order valence-electron chi connectivity index (χ3n) is 5.71. The van der Waals surface area contributed by atoms with E-state index in [4.69, 9.17) is 14.2 Å². The Bertz CT molecular complexity index is 432. The molecule has 4 rings (SSSR count). The van der Waals surface area contributed by atoms with Crippen molar-refractivity contribution < 1.29 is 19.0 Å². The van der Waals surface area contributed by atoms with E-state index in [-0.39, 0.29) is 18.5 Å². The first-order chi connectivity index (χ1) is 9.44. The molecule has 2 aliphatic heterocycles. The van der Waals surface area contributed by atoms with Gasteiger partial charge in [-0.25, -0.2) is 0 Å². The molecular weight excluding hydrogens is 256 g/mol. The maximum Gasteiger partial charge on any atom is 0.187 e. The van der Waals surface area contributed by atoms with Gasteiger partial charge in [0.2, 0.25) is 0 Å². The molecule has 2 heterocycles. The number of carbonyl (C=O) groups excluding carboxylic acids is 1. The van der Waals surface area contributed by atoms with Gasteiger partial charge < -0.3 is 14.2 Å². The highest BCUT2D eigenvalue weighted by atomic mass is 16.8. The van der Waals surface area contributed by atoms with E-state index < -0.39 is 5.79 Å². The second kappa shape index (κ2) is 4.28. The van der Waals surface area contributed by atoms with Gasteiger partial charge in [0.15, 0.2) is 12.1 Å². The van der Waals surface area contributed by atoms with E-state index in [0.29, 0.717) is 29.5 Å². The Morgan fingerprint density at radius 2 is 1.90 bits per heavy atom. The summed E-state index contributed by atoms with van der Waals surface area (Å²) in [5.41, 5.74) is 0. The van der Waals surface area contributed by atoms with E-state index in [0.717, 1.165) is 25.7 Å². The molecule has 2 saturated carbocycles. The third-order valence-corrected chi connectivity index (χ3v) is 5.71. The fourth-order valence-electron chi connectivity index (χ4n) is 5.16. The van der Waals surface area contributed by atoms with Crippen LogP contribution in [-0.2, 0) is 19.0 Å². The molecule has 20 heavy (non-hydrogen) atoms. The second-order valence-corrected chi connectivity index (χ2v) is 7.56. The molecule has 4 aliphatic rings. The molecule has 4 fully saturated rings. The maximum atomic E-state index is 11.9. The van der Waals surface area contributed by atoms with Gasteiger partial charge in [0, 0.05) is 18.8 Å². The number of carbonyl (C=O) groups is 1. The van der Waals surface area contributed by atoms with Crippen molar-refractivity contribution in [3.05, 3.63) is 0 Å². The van der Waals surface area contributed by atoms with Crippen LogP contribution in [0.25, 0.3) is 0 Å². The summed E-state index contributed by atoms with van der Waals surface area (Å²) in [5.74, 6) is 1.84. The quantitative estimate of drug-likeness (QED) is 0.684. The van der Waals surface area contributed by atoms with Crippen LogP contribution in [-0.4, -0.2) is 30.1 Å². The van der Waals surface area contributed by atoms with Crippen molar-refractivity contribution in [1.82, 2.24) is 0 Å². The summed E-state index contributed by atoms with van der Waals surface area (Å²) in [7, 11) is 0. The molecule has 0 aromatic carbocycles. The van der Waals surface area contributed by atoms with E-state index in [1.54, 1.807) is 0 Å². The Hall–Kier alpha value is -0.450. The van der Waals surface area contributed by atoms with Gasteiger partial charge in [0.1, 0.15) is 11.9 Å². The minimum atomic E-state index is -0.541. The first-order valence-electron chi connectivity index (χ1n) is 7.97. The van der Waals surface area contributed by atoms with E-state index in [1.807, 2.05) is 13.8 Å². The van der Waals surface area contributed by atoms with E-state index in [9.17, 15) is 4.79 Å². The van der Waals surface area contributed by atoms with Gasteiger partial charge in [-0.15, -0.1) is 0 Å². The van der Waals surface area contributed by atoms with Gasteiger partial charge in [-0.3, -0.25) is 4.79 Å². The van der Waals surface area contributed by atoms with Crippen molar-refractivity contribution in [2.24, 2.45) is 23.7 Å². The Balaban J connectivity index is 1.62. The topological polar surface area (TPSA) is 44.8 Å². The minimum Gasteiger partial charge on any atom is -0.346 e. The van der Waals surface area contributed by atoms with Crippen LogP contribution in [0.1, 0.15) is 46.5 Å². The molecule has 0 aromatic rings. The molecule has 0 amide bonds. The normalized spacial score (nSPS) is 53.4. The molecule has 0 aromatic heterocycles. The van der Waals surface area contributed by atoms with Gasteiger partial charge >= 0.3 is 0 Å². The lowest BCUT2D eigenvalue weighted by molar-refractivity contribution is -0.219. The van der Waals surface area contributed by atoms with Crippen molar-refractivity contribution in [2.45, 2.75) is 70.7 Å². The van der Waals surface area contributed by atoms with Crippen molar-refractivity contribution in [3.63, 3.8) is 0 Å². The molecular formula is C16H24O4. The molecule has 0 bridgehead atoms. The summed E-state index contributed by atoms with van der Waals surface area (Å²) in [4.78, 5) is 11.9. The highest BCUT2D eigenvalue weighted by Crippen LogP contribution is 2.54. The van der Waals surface area contributed by atoms with E-state index >= 15 is 0 Å². The first kappa shape index (κ1) is 13.2. The lowest BCUT2D eigenvalue weighted by atomic mass is 9.59. The second-order valence-electron chi connectivity index (χ2n) is 7.56. The molecule has 0 unspecified atom stereocenters. The summed E-state index contributed by atoms with van der Waals surface area (Å²) < 4.78 is 18.1. The van der Waals surface area contributed by atoms with Crippen LogP contribution < -0.4 is 0 Å². The lowest BCUT2D eigenvalue weighted by Crippen LogP contribution is -2.47. The Kier molecular flexibility index (Phi) is 2.83. The zero-order chi connectivity index (χ0) is 14.1. The predicted octanol–water partition coefficient (Wildman–Crippen LogP) is 2.50. The van der Waals surface area contributed by atoms with Crippen LogP contribution in [0.3, 0.4) is 0 Å². The molecule has 2 saturated heterocycles. The average molecular weight is 280 g/mol. The Morgan fingerprint density at radius 1 is 1.10 bits per heavy atom. The molecule has 2 aliphatic carbocycles. The minimum absolute atomic E-state index is 0.0541. The number of ether oxygens (including phenoxy) is 3. The molecule has 4 heteroatoms. The first-order valence-corrected chi connectivity index (χ1v) is 7.97. The van der Waals surface area contributed by atoms with Crippen molar-refractivity contribution in [2.75, 3.05) is 0 Å². The van der Waals surface area contributed by atoms with Crippen LogP contribution in [0.5, 0.6) is 0 Å². The molecule has 112 valence electrons. The highest BCUT2D eigenvalue weighted by molar-refractivity contribution is 5.79. The fourth-order valence-corrected chi connectivity index (χ4v) is 5.16. The monoisotopic (exact) mass is 280 g/mol. The van der Waals surface area contributed by atoms with Gasteiger partial charge in [0.05, 0.1) is 6.10 Å². The lowest BCUT2D eigenvalue weighted by Gasteiger charge is -2.46. The van der Waals surface area contributed by atoms with Crippen LogP contribution in [0.15, 0.2) is 0 Å². The number of fused-ring (bicyclic) bond motifs is 5. The zero-order valence-electron chi connectivity index (χ0n) is 12.5. The van der Waals surface area contributed by atoms with Crippen molar-refractivity contribution >= 4 is 5.78 Å². The highest BCUT2D eigenvalue weighted by Gasteiger charge is 2.60. The predicted molar refractivity (Wildman–Crippen MR) is 71.8 cm³/mol. The molecule has 0 spiro atoms. The zero-order valence-corrected chi connectivity index (χ0v) is 12.5. The fraction of sp³-hybridized carbons (Fsp3) is 0.938. The number of rotatable bonds is 0. The van der Waals surface area contributed by atoms with Crippen molar-refractivity contribution in [1.29, 1.82) is 0 Å². The number of ketones is 1. The average Bonchev–Trinajstić information content (AvgIpc) is 2.80. The summed E-state index contributed by atoms with van der Waals surface area (Å²) >= 11 is 0. The largest absolute Gasteiger partial charge is 0.346 e. The molecule has 7 atom stereocenters. The summed E-state index contributed by atoms with van der Waals surface area (Å²) in [5, 5.41) is 0. The van der Waals surface area contributed by atoms with Crippen LogP contribution in [0.4, 0.5) is 0 Å². The van der Waals surface area contributed by atoms with Crippen molar-refractivity contribution in [3.8, 4) is 0 Å². The van der Waals surface area contributed by atoms with Crippen LogP contribution in [0.2, 0.25) is 0 Å². The SMILES string of the molecule is C[C@H]1CC(=O)C[C@H]2CC[C@H]3O[C@@H]4OC(C)(C)O[C@@H]4[C@@H]3[C@H]21. The third kappa shape index (κ3) is 1.88. The smallest absolute Gasteiger partial charge is 0.187 e. The standard InChI is InChI=1S/C16H24O4/c1-8-6-10(17)7-9-4-5-11-13(12(8)9)14-15(18-11)20-16(2,3)19-14/h8-9,11-15H,4-7H2,1-3H3/t8-,9+,11+,12-,13-,14+,15+/m0/s1. The summed E-state index contributed by atoms with van der Waals surface area (Å²) in [6, 6.07) is 0. The van der Waals surface area contributed by atoms with Gasteiger partial charge in [-0.2, -0.15) is 0 Å². The van der Waals surface area contributed by atoms with Gasteiger partial charge in [-0.05, 0) is 44.4 Å². The Labute approximate surface area is 120 Å². The molecule has 0 N–H and O–H groups in total. The van der Waals surface area contributed by atoms with E-state index in [2.05, 4.69) is 6.92 Å². The number of hydrogen-bond acceptors (Lipinski definition) is 4. The summed E-state index contributed by atoms with van der Waals surface area (Å²) in [6.45, 7) is 6.14. The van der Waals surface area contributed by atoms with Crippen LogP contribution in [0, 0.1) is 23.7 Å². The maximum absolute atomic E-state index is 11.9. The molecule has 4 nitrogen and oxygen atoms in total.